The third-order valence-corrected chi connectivity index (χ3v) is 8.37. The normalized spacial score (nSPS) is 30.6. The van der Waals surface area contributed by atoms with Gasteiger partial charge < -0.3 is 69.0 Å². The Kier molecular flexibility index (Phi) is 10.6. The van der Waals surface area contributed by atoms with Crippen molar-refractivity contribution in [2.75, 3.05) is 13.7 Å². The van der Waals surface area contributed by atoms with E-state index in [1.54, 1.807) is 30.3 Å². The van der Waals surface area contributed by atoms with Crippen LogP contribution >= 0.6 is 0 Å². The molecule has 0 amide bonds. The molecule has 262 valence electrons. The van der Waals surface area contributed by atoms with E-state index >= 15 is 0 Å². The zero-order chi connectivity index (χ0) is 35.0. The van der Waals surface area contributed by atoms with Gasteiger partial charge in [0.05, 0.1) is 19.8 Å². The van der Waals surface area contributed by atoms with Gasteiger partial charge in [0, 0.05) is 17.2 Å². The predicted octanol–water partition coefficient (Wildman–Crippen LogP) is 0.0679. The average molecular weight is 677 g/mol. The molecule has 15 nitrogen and oxygen atoms in total. The maximum absolute atomic E-state index is 14.3. The molecule has 10 atom stereocenters. The number of aromatic hydroxyl groups is 1. The first-order valence-electron chi connectivity index (χ1n) is 15.2. The number of methoxy groups -OCH3 is 1. The molecule has 2 saturated heterocycles. The molecule has 2 aliphatic rings. The second-order valence-corrected chi connectivity index (χ2v) is 12.0. The summed E-state index contributed by atoms with van der Waals surface area (Å²) >= 11 is 0. The van der Waals surface area contributed by atoms with Gasteiger partial charge in [-0.2, -0.15) is 0 Å². The molecule has 48 heavy (non-hydrogen) atoms. The number of phenols is 1. The van der Waals surface area contributed by atoms with E-state index < -0.39 is 84.9 Å². The number of phenolic OH excluding ortho intramolecular Hbond substituents is 1. The fraction of sp³-hybridized carbons (Fsp3) is 0.485. The van der Waals surface area contributed by atoms with Crippen molar-refractivity contribution in [3.05, 3.63) is 57.8 Å². The molecule has 3 aromatic rings. The Bertz CT molecular complexity index is 1680. The van der Waals surface area contributed by atoms with Crippen LogP contribution in [-0.4, -0.2) is 116 Å². The second kappa shape index (κ2) is 14.4. The second-order valence-electron chi connectivity index (χ2n) is 12.0. The number of fused-ring (bicyclic) bond motifs is 1. The highest BCUT2D eigenvalue weighted by molar-refractivity contribution is 5.91. The Labute approximate surface area is 274 Å². The third-order valence-electron chi connectivity index (χ3n) is 8.37. The summed E-state index contributed by atoms with van der Waals surface area (Å²) in [7, 11) is 1.47. The molecule has 15 heteroatoms. The van der Waals surface area contributed by atoms with Gasteiger partial charge in [-0.15, -0.1) is 0 Å². The van der Waals surface area contributed by atoms with Crippen LogP contribution in [0.1, 0.15) is 26.3 Å². The fourth-order valence-electron chi connectivity index (χ4n) is 5.52. The maximum atomic E-state index is 14.3. The smallest absolute Gasteiger partial charge is 0.239 e. The van der Waals surface area contributed by atoms with Crippen LogP contribution in [0.25, 0.3) is 22.3 Å². The van der Waals surface area contributed by atoms with E-state index in [4.69, 9.17) is 28.1 Å². The van der Waals surface area contributed by atoms with E-state index in [0.717, 1.165) is 11.6 Å². The van der Waals surface area contributed by atoms with Gasteiger partial charge in [-0.3, -0.25) is 4.79 Å². The van der Waals surface area contributed by atoms with Crippen molar-refractivity contribution in [2.24, 2.45) is 0 Å². The monoisotopic (exact) mass is 676 g/mol. The van der Waals surface area contributed by atoms with Gasteiger partial charge in [-0.1, -0.05) is 11.6 Å². The van der Waals surface area contributed by atoms with Gasteiger partial charge in [-0.05, 0) is 51.5 Å². The lowest BCUT2D eigenvalue weighted by molar-refractivity contribution is -0.277. The maximum Gasteiger partial charge on any atom is 0.239 e. The lowest BCUT2D eigenvalue weighted by Crippen LogP contribution is -2.60. The van der Waals surface area contributed by atoms with Crippen molar-refractivity contribution in [3.63, 3.8) is 0 Å². The minimum atomic E-state index is -1.77. The highest BCUT2D eigenvalue weighted by Crippen LogP contribution is 2.41. The van der Waals surface area contributed by atoms with Crippen molar-refractivity contribution >= 4 is 11.0 Å². The number of aliphatic hydroxyl groups is 7. The Balaban J connectivity index is 1.71. The quantitative estimate of drug-likeness (QED) is 0.140. The lowest BCUT2D eigenvalue weighted by Gasteiger charge is -2.39. The molecule has 1 aromatic heterocycles. The van der Waals surface area contributed by atoms with E-state index in [9.17, 15) is 45.6 Å². The van der Waals surface area contributed by atoms with Crippen LogP contribution in [0.15, 0.2) is 51.2 Å². The highest BCUT2D eigenvalue weighted by Gasteiger charge is 2.46. The molecule has 0 aliphatic carbocycles. The van der Waals surface area contributed by atoms with E-state index in [-0.39, 0.29) is 34.5 Å². The summed E-state index contributed by atoms with van der Waals surface area (Å²) in [6, 6.07) is 7.41. The Morgan fingerprint density at radius 2 is 1.50 bits per heavy atom. The van der Waals surface area contributed by atoms with Crippen LogP contribution < -0.4 is 19.6 Å². The minimum Gasteiger partial charge on any atom is -0.507 e. The van der Waals surface area contributed by atoms with Crippen LogP contribution in [-0.2, 0) is 15.9 Å². The van der Waals surface area contributed by atoms with Crippen molar-refractivity contribution < 1.29 is 69.0 Å². The third kappa shape index (κ3) is 6.74. The summed E-state index contributed by atoms with van der Waals surface area (Å²) in [6.45, 7) is 4.40. The SMILES string of the molecule is COc1ccc(-c2oc3c(CC=C(C)C)c(OC4O[C@@H](CO)[C@H](O)C(O)[C@@H]4O)cc(O)c3c(=O)c2OC2O[C@H](C)[C@@H](O)[C@H](O)[C@@H]2O)cc1. The van der Waals surface area contributed by atoms with E-state index in [1.165, 1.54) is 14.0 Å². The van der Waals surface area contributed by atoms with Crippen molar-refractivity contribution in [3.8, 4) is 34.3 Å². The summed E-state index contributed by atoms with van der Waals surface area (Å²) in [4.78, 5) is 14.3. The predicted molar refractivity (Wildman–Crippen MR) is 167 cm³/mol. The van der Waals surface area contributed by atoms with Gasteiger partial charge in [0.25, 0.3) is 0 Å². The largest absolute Gasteiger partial charge is 0.507 e. The minimum absolute atomic E-state index is 0.0725. The van der Waals surface area contributed by atoms with Crippen LogP contribution in [0.3, 0.4) is 0 Å². The topological polar surface area (TPSA) is 238 Å². The number of ether oxygens (including phenoxy) is 5. The molecule has 0 spiro atoms. The van der Waals surface area contributed by atoms with Gasteiger partial charge in [0.1, 0.15) is 70.9 Å². The molecule has 8 N–H and O–H groups in total. The Hall–Kier alpha value is -3.77. The summed E-state index contributed by atoms with van der Waals surface area (Å²) in [5.41, 5.74) is 0.341. The number of hydrogen-bond acceptors (Lipinski definition) is 15. The highest BCUT2D eigenvalue weighted by atomic mass is 16.7. The molecular formula is C33H40O15. The first kappa shape index (κ1) is 35.5. The lowest BCUT2D eigenvalue weighted by atomic mass is 9.99. The van der Waals surface area contributed by atoms with Crippen molar-refractivity contribution in [2.45, 2.75) is 88.6 Å². The standard InChI is InChI=1S/C33H40O15/c1-13(2)5-10-17-19(45-33-28(42)26(40)23(37)20(12-34)46-33)11-18(35)21-24(38)31(48-32-27(41)25(39)22(36)14(3)44-32)29(47-30(17)21)15-6-8-16(43-4)9-7-15/h5-9,11,14,20,22-23,25-28,32-37,39-42H,10,12H2,1-4H3/t14-,20+,22-,23+,25+,26?,27+,28+,32?,33?/m1/s1. The van der Waals surface area contributed by atoms with E-state index in [1.807, 2.05) is 13.8 Å². The summed E-state index contributed by atoms with van der Waals surface area (Å²) in [6.07, 6.45) is -13.7. The van der Waals surface area contributed by atoms with Gasteiger partial charge >= 0.3 is 0 Å². The van der Waals surface area contributed by atoms with Crippen LogP contribution in [0.5, 0.6) is 23.0 Å². The molecule has 2 fully saturated rings. The van der Waals surface area contributed by atoms with Gasteiger partial charge in [0.15, 0.2) is 5.76 Å². The van der Waals surface area contributed by atoms with Crippen molar-refractivity contribution in [1.82, 2.24) is 0 Å². The Morgan fingerprint density at radius 3 is 2.10 bits per heavy atom. The first-order valence-corrected chi connectivity index (χ1v) is 15.2. The first-order chi connectivity index (χ1) is 22.8. The zero-order valence-corrected chi connectivity index (χ0v) is 26.6. The molecule has 2 aromatic carbocycles. The average Bonchev–Trinajstić information content (AvgIpc) is 3.06. The molecule has 0 radical (unpaired) electrons. The molecule has 2 aliphatic heterocycles. The Morgan fingerprint density at radius 1 is 0.875 bits per heavy atom. The molecule has 3 heterocycles. The number of allylic oxidation sites excluding steroid dienone is 2. The molecule has 0 bridgehead atoms. The number of aliphatic hydroxyl groups excluding tert-OH is 7. The van der Waals surface area contributed by atoms with E-state index in [2.05, 4.69) is 0 Å². The molecular weight excluding hydrogens is 636 g/mol. The van der Waals surface area contributed by atoms with Crippen molar-refractivity contribution in [1.29, 1.82) is 0 Å². The van der Waals surface area contributed by atoms with Gasteiger partial charge in [-0.25, -0.2) is 0 Å². The fourth-order valence-corrected chi connectivity index (χ4v) is 5.52. The summed E-state index contributed by atoms with van der Waals surface area (Å²) in [5.74, 6) is -0.922. The number of benzene rings is 2. The number of hydrogen-bond donors (Lipinski definition) is 8. The molecule has 5 rings (SSSR count). The number of rotatable bonds is 9. The molecule has 3 unspecified atom stereocenters. The van der Waals surface area contributed by atoms with Crippen LogP contribution in [0, 0.1) is 0 Å². The van der Waals surface area contributed by atoms with E-state index in [0.29, 0.717) is 11.3 Å². The van der Waals surface area contributed by atoms with Crippen LogP contribution in [0.4, 0.5) is 0 Å². The van der Waals surface area contributed by atoms with Gasteiger partial charge in [0.2, 0.25) is 23.8 Å². The summed E-state index contributed by atoms with van der Waals surface area (Å²) in [5, 5.41) is 82.9. The molecule has 0 saturated carbocycles. The zero-order valence-electron chi connectivity index (χ0n) is 26.6. The van der Waals surface area contributed by atoms with Crippen LogP contribution in [0.2, 0.25) is 0 Å². The summed E-state index contributed by atoms with van der Waals surface area (Å²) < 4.78 is 34.5.